The molecule has 7 aromatic carbocycles. The van der Waals surface area contributed by atoms with Gasteiger partial charge in [-0.15, -0.1) is 0 Å². The molecule has 0 radical (unpaired) electrons. The third-order valence-corrected chi connectivity index (χ3v) is 10.0. The molecular weight excluding hydrogens is 599 g/mol. The summed E-state index contributed by atoms with van der Waals surface area (Å²) in [6.07, 6.45) is 0. The van der Waals surface area contributed by atoms with Gasteiger partial charge in [-0.25, -0.2) is 9.97 Å². The van der Waals surface area contributed by atoms with Gasteiger partial charge in [0.1, 0.15) is 11.6 Å². The average molecular weight is 630 g/mol. The standard InChI is InChI=1S/C44H31N5/c1-47-40-16-7-5-14-37(40)45-43(47)32-12-9-13-34(25-32)49-39-23-21-31(30-19-18-28-10-3-4-11-29(28)24-30)26-36(39)35-22-20-33(27-42(35)49)44-46-38-15-6-8-17-41(38)48(44)2/h3-27H,1-2H3. The molecule has 0 bridgehead atoms. The SMILES string of the molecule is Cn1c(-c2cccc(-n3c4ccc(-c5ccc6ccccc6c5)cc4c4ccc(-c5nc6ccccc6n5C)cc43)c2)nc2ccccc21. The normalized spacial score (nSPS) is 11.9. The number of aryl methyl sites for hydroxylation is 2. The number of aromatic nitrogens is 5. The average Bonchev–Trinajstić information content (AvgIpc) is 3.79. The van der Waals surface area contributed by atoms with E-state index in [9.17, 15) is 0 Å². The van der Waals surface area contributed by atoms with E-state index in [4.69, 9.17) is 9.97 Å². The molecule has 5 heteroatoms. The molecule has 0 aliphatic rings. The predicted octanol–water partition coefficient (Wildman–Crippen LogP) is 10.7. The lowest BCUT2D eigenvalue weighted by molar-refractivity contribution is 0.958. The number of nitrogens with zero attached hydrogens (tertiary/aromatic N) is 5. The van der Waals surface area contributed by atoms with Gasteiger partial charge in [0.25, 0.3) is 0 Å². The minimum atomic E-state index is 0.947. The maximum Gasteiger partial charge on any atom is 0.140 e. The summed E-state index contributed by atoms with van der Waals surface area (Å²) in [7, 11) is 4.19. The maximum absolute atomic E-state index is 5.05. The van der Waals surface area contributed by atoms with E-state index in [0.29, 0.717) is 0 Å². The van der Waals surface area contributed by atoms with Crippen LogP contribution in [-0.2, 0) is 14.1 Å². The fourth-order valence-corrected chi connectivity index (χ4v) is 7.58. The van der Waals surface area contributed by atoms with Crippen LogP contribution in [0.5, 0.6) is 0 Å². The summed E-state index contributed by atoms with van der Waals surface area (Å²) >= 11 is 0. The fourth-order valence-electron chi connectivity index (χ4n) is 7.58. The highest BCUT2D eigenvalue weighted by atomic mass is 15.1. The summed E-state index contributed by atoms with van der Waals surface area (Å²) < 4.78 is 6.76. The lowest BCUT2D eigenvalue weighted by atomic mass is 9.99. The van der Waals surface area contributed by atoms with Crippen LogP contribution in [0.1, 0.15) is 0 Å². The quantitative estimate of drug-likeness (QED) is 0.194. The Kier molecular flexibility index (Phi) is 5.94. The molecule has 0 saturated carbocycles. The van der Waals surface area contributed by atoms with Gasteiger partial charge in [0.05, 0.1) is 33.1 Å². The van der Waals surface area contributed by atoms with Gasteiger partial charge >= 0.3 is 0 Å². The highest BCUT2D eigenvalue weighted by Crippen LogP contribution is 2.38. The van der Waals surface area contributed by atoms with Crippen molar-refractivity contribution in [1.29, 1.82) is 0 Å². The van der Waals surface area contributed by atoms with Gasteiger partial charge in [-0.2, -0.15) is 0 Å². The minimum absolute atomic E-state index is 0.947. The highest BCUT2D eigenvalue weighted by molar-refractivity contribution is 6.11. The number of rotatable bonds is 4. The molecule has 10 aromatic rings. The van der Waals surface area contributed by atoms with Gasteiger partial charge in [-0.05, 0) is 82.6 Å². The Bertz CT molecular complexity index is 2920. The molecule has 0 unspecified atom stereocenters. The van der Waals surface area contributed by atoms with E-state index in [1.807, 2.05) is 12.1 Å². The topological polar surface area (TPSA) is 40.6 Å². The molecule has 0 spiro atoms. The zero-order valence-electron chi connectivity index (χ0n) is 27.2. The first-order valence-corrected chi connectivity index (χ1v) is 16.6. The van der Waals surface area contributed by atoms with Crippen LogP contribution in [0.3, 0.4) is 0 Å². The van der Waals surface area contributed by atoms with Crippen LogP contribution in [0, 0.1) is 0 Å². The smallest absolute Gasteiger partial charge is 0.140 e. The van der Waals surface area contributed by atoms with E-state index in [1.165, 1.54) is 32.7 Å². The fraction of sp³-hybridized carbons (Fsp3) is 0.0455. The van der Waals surface area contributed by atoms with Gasteiger partial charge in [0, 0.05) is 41.7 Å². The molecule has 0 fully saturated rings. The predicted molar refractivity (Wildman–Crippen MR) is 203 cm³/mol. The Labute approximate surface area is 282 Å². The van der Waals surface area contributed by atoms with E-state index in [1.54, 1.807) is 0 Å². The van der Waals surface area contributed by atoms with Gasteiger partial charge in [0.2, 0.25) is 0 Å². The number of benzene rings is 7. The molecular formula is C44H31N5. The van der Waals surface area contributed by atoms with Crippen LogP contribution in [-0.4, -0.2) is 23.7 Å². The Hall–Kier alpha value is -6.46. The lowest BCUT2D eigenvalue weighted by Crippen LogP contribution is -1.97. The second-order valence-corrected chi connectivity index (χ2v) is 12.9. The number of fused-ring (bicyclic) bond motifs is 6. The molecule has 232 valence electrons. The van der Waals surface area contributed by atoms with Crippen molar-refractivity contribution in [2.24, 2.45) is 14.1 Å². The monoisotopic (exact) mass is 629 g/mol. The van der Waals surface area contributed by atoms with Crippen LogP contribution in [0.4, 0.5) is 0 Å². The van der Waals surface area contributed by atoms with Crippen molar-refractivity contribution in [3.63, 3.8) is 0 Å². The third-order valence-electron chi connectivity index (χ3n) is 10.0. The highest BCUT2D eigenvalue weighted by Gasteiger charge is 2.18. The summed E-state index contributed by atoms with van der Waals surface area (Å²) in [5, 5.41) is 4.91. The second-order valence-electron chi connectivity index (χ2n) is 12.9. The summed E-state index contributed by atoms with van der Waals surface area (Å²) in [4.78, 5) is 10.1. The van der Waals surface area contributed by atoms with Crippen molar-refractivity contribution in [3.05, 3.63) is 152 Å². The Morgan fingerprint density at radius 2 is 1.00 bits per heavy atom. The van der Waals surface area contributed by atoms with Crippen molar-refractivity contribution >= 4 is 54.6 Å². The van der Waals surface area contributed by atoms with Crippen LogP contribution >= 0.6 is 0 Å². The molecule has 0 amide bonds. The molecule has 5 nitrogen and oxygen atoms in total. The molecule has 0 saturated heterocycles. The molecule has 3 heterocycles. The van der Waals surface area contributed by atoms with Gasteiger partial charge in [-0.3, -0.25) is 0 Å². The van der Waals surface area contributed by atoms with E-state index < -0.39 is 0 Å². The first-order valence-electron chi connectivity index (χ1n) is 16.6. The summed E-state index contributed by atoms with van der Waals surface area (Å²) in [6.45, 7) is 0. The summed E-state index contributed by atoms with van der Waals surface area (Å²) in [5.41, 5.74) is 12.2. The first kappa shape index (κ1) is 27.6. The van der Waals surface area contributed by atoms with Crippen molar-refractivity contribution in [2.75, 3.05) is 0 Å². The molecule has 0 atom stereocenters. The Morgan fingerprint density at radius 1 is 0.388 bits per heavy atom. The number of para-hydroxylation sites is 4. The van der Waals surface area contributed by atoms with Crippen molar-refractivity contribution in [2.45, 2.75) is 0 Å². The number of imidazole rings is 2. The van der Waals surface area contributed by atoms with Crippen LogP contribution in [0.25, 0.3) is 94.2 Å². The van der Waals surface area contributed by atoms with Crippen molar-refractivity contribution in [3.8, 4) is 39.6 Å². The largest absolute Gasteiger partial charge is 0.327 e. The molecule has 49 heavy (non-hydrogen) atoms. The van der Waals surface area contributed by atoms with Gasteiger partial charge < -0.3 is 13.7 Å². The van der Waals surface area contributed by atoms with E-state index in [2.05, 4.69) is 167 Å². The zero-order chi connectivity index (χ0) is 32.6. The first-order chi connectivity index (χ1) is 24.1. The van der Waals surface area contributed by atoms with E-state index in [0.717, 1.165) is 61.6 Å². The molecule has 0 aliphatic heterocycles. The Balaban J connectivity index is 1.21. The third kappa shape index (κ3) is 4.26. The number of hydrogen-bond donors (Lipinski definition) is 0. The molecule has 0 aliphatic carbocycles. The summed E-state index contributed by atoms with van der Waals surface area (Å²) in [6, 6.07) is 54.3. The van der Waals surface area contributed by atoms with Gasteiger partial charge in [0.15, 0.2) is 0 Å². The maximum atomic E-state index is 5.05. The van der Waals surface area contributed by atoms with Crippen molar-refractivity contribution in [1.82, 2.24) is 23.7 Å². The van der Waals surface area contributed by atoms with Crippen LogP contribution in [0.15, 0.2) is 152 Å². The van der Waals surface area contributed by atoms with E-state index in [-0.39, 0.29) is 0 Å². The van der Waals surface area contributed by atoms with Crippen molar-refractivity contribution < 1.29 is 0 Å². The minimum Gasteiger partial charge on any atom is -0.327 e. The van der Waals surface area contributed by atoms with E-state index >= 15 is 0 Å². The molecule has 3 aromatic heterocycles. The van der Waals surface area contributed by atoms with Crippen LogP contribution < -0.4 is 0 Å². The Morgan fingerprint density at radius 3 is 1.73 bits per heavy atom. The zero-order valence-corrected chi connectivity index (χ0v) is 27.2. The van der Waals surface area contributed by atoms with Gasteiger partial charge in [-0.1, -0.05) is 91.0 Å². The lowest BCUT2D eigenvalue weighted by Gasteiger charge is -2.11. The molecule has 10 rings (SSSR count). The number of hydrogen-bond acceptors (Lipinski definition) is 2. The molecule has 0 N–H and O–H groups in total. The summed E-state index contributed by atoms with van der Waals surface area (Å²) in [5.74, 6) is 1.90. The van der Waals surface area contributed by atoms with Crippen LogP contribution in [0.2, 0.25) is 0 Å². The second kappa shape index (κ2) is 10.5.